The fourth-order valence-electron chi connectivity index (χ4n) is 4.30. The summed E-state index contributed by atoms with van der Waals surface area (Å²) >= 11 is 0. The zero-order valence-electron chi connectivity index (χ0n) is 20.9. The first-order valence-corrected chi connectivity index (χ1v) is 12.0. The maximum absolute atomic E-state index is 13.6. The van der Waals surface area contributed by atoms with Crippen molar-refractivity contribution in [3.63, 3.8) is 0 Å². The lowest BCUT2D eigenvalue weighted by molar-refractivity contribution is -0.125. The Hall–Kier alpha value is -3.92. The minimum absolute atomic E-state index is 0.151. The van der Waals surface area contributed by atoms with E-state index >= 15 is 0 Å². The number of benzene rings is 1. The highest BCUT2D eigenvalue weighted by molar-refractivity contribution is 5.99. The van der Waals surface area contributed by atoms with Crippen LogP contribution in [-0.2, 0) is 16.1 Å². The van der Waals surface area contributed by atoms with Crippen molar-refractivity contribution in [1.82, 2.24) is 24.5 Å². The SMILES string of the molecule is CNC(=O)c1ccc2nc(N3CCN(C(=O)OCc4ccccc4)C(CCCN(C)C)C3=O)cn2c1. The van der Waals surface area contributed by atoms with Crippen LogP contribution in [0.5, 0.6) is 0 Å². The van der Waals surface area contributed by atoms with Crippen LogP contribution in [0.25, 0.3) is 5.65 Å². The molecule has 3 amide bonds. The lowest BCUT2D eigenvalue weighted by atomic mass is 10.1. The summed E-state index contributed by atoms with van der Waals surface area (Å²) in [6.45, 7) is 1.59. The second-order valence-corrected chi connectivity index (χ2v) is 9.05. The molecule has 36 heavy (non-hydrogen) atoms. The number of hydrogen-bond acceptors (Lipinski definition) is 6. The van der Waals surface area contributed by atoms with Gasteiger partial charge in [0.2, 0.25) is 0 Å². The third-order valence-electron chi connectivity index (χ3n) is 6.22. The van der Waals surface area contributed by atoms with Crippen molar-refractivity contribution in [1.29, 1.82) is 0 Å². The number of rotatable bonds is 8. The predicted molar refractivity (Wildman–Crippen MR) is 136 cm³/mol. The molecule has 0 radical (unpaired) electrons. The molecule has 1 N–H and O–H groups in total. The Morgan fingerprint density at radius 2 is 1.89 bits per heavy atom. The maximum Gasteiger partial charge on any atom is 0.410 e. The molecular formula is C26H32N6O4. The Kier molecular flexibility index (Phi) is 7.84. The normalized spacial score (nSPS) is 16.0. The number of nitrogens with zero attached hydrogens (tertiary/aromatic N) is 5. The number of anilines is 1. The zero-order valence-corrected chi connectivity index (χ0v) is 20.9. The van der Waals surface area contributed by atoms with E-state index in [1.165, 1.54) is 4.90 Å². The highest BCUT2D eigenvalue weighted by Crippen LogP contribution is 2.24. The Balaban J connectivity index is 1.52. The molecule has 10 heteroatoms. The van der Waals surface area contributed by atoms with Gasteiger partial charge in [0.25, 0.3) is 11.8 Å². The van der Waals surface area contributed by atoms with Gasteiger partial charge in [-0.1, -0.05) is 30.3 Å². The standard InChI is InChI=1S/C26H32N6O4/c1-27-24(33)20-11-12-22-28-23(17-30(22)16-20)32-15-14-31(21(25(32)34)10-7-13-29(2)3)26(35)36-18-19-8-5-4-6-9-19/h4-6,8-9,11-12,16-17,21H,7,10,13-15,18H2,1-3H3,(H,27,33). The number of pyridine rings is 1. The molecule has 3 aromatic rings. The van der Waals surface area contributed by atoms with Gasteiger partial charge in [-0.05, 0) is 51.2 Å². The molecule has 1 saturated heterocycles. The van der Waals surface area contributed by atoms with Gasteiger partial charge in [-0.2, -0.15) is 0 Å². The van der Waals surface area contributed by atoms with Crippen LogP contribution in [-0.4, -0.2) is 83.9 Å². The van der Waals surface area contributed by atoms with Crippen LogP contribution < -0.4 is 10.2 Å². The largest absolute Gasteiger partial charge is 0.445 e. The Morgan fingerprint density at radius 3 is 2.61 bits per heavy atom. The number of amides is 3. The van der Waals surface area contributed by atoms with Gasteiger partial charge in [0.1, 0.15) is 18.3 Å². The van der Waals surface area contributed by atoms with Crippen LogP contribution in [0.15, 0.2) is 54.9 Å². The van der Waals surface area contributed by atoms with Crippen LogP contribution in [0.3, 0.4) is 0 Å². The van der Waals surface area contributed by atoms with Crippen LogP contribution in [0.2, 0.25) is 0 Å². The van der Waals surface area contributed by atoms with Crippen molar-refractivity contribution in [2.75, 3.05) is 45.7 Å². The lowest BCUT2D eigenvalue weighted by Gasteiger charge is -2.39. The molecule has 3 heterocycles. The number of carbonyl (C=O) groups excluding carboxylic acids is 3. The van der Waals surface area contributed by atoms with Gasteiger partial charge in [-0.25, -0.2) is 9.78 Å². The second-order valence-electron chi connectivity index (χ2n) is 9.05. The van der Waals surface area contributed by atoms with Crippen molar-refractivity contribution >= 4 is 29.4 Å². The van der Waals surface area contributed by atoms with Gasteiger partial charge in [0.15, 0.2) is 5.82 Å². The van der Waals surface area contributed by atoms with Gasteiger partial charge in [0, 0.05) is 26.3 Å². The molecule has 2 aromatic heterocycles. The molecule has 4 rings (SSSR count). The number of aromatic nitrogens is 2. The summed E-state index contributed by atoms with van der Waals surface area (Å²) < 4.78 is 7.29. The number of carbonyl (C=O) groups is 3. The van der Waals surface area contributed by atoms with E-state index in [9.17, 15) is 14.4 Å². The molecular weight excluding hydrogens is 460 g/mol. The quantitative estimate of drug-likeness (QED) is 0.518. The van der Waals surface area contributed by atoms with E-state index in [2.05, 4.69) is 15.2 Å². The van der Waals surface area contributed by atoms with Crippen LogP contribution in [0.4, 0.5) is 10.6 Å². The predicted octanol–water partition coefficient (Wildman–Crippen LogP) is 2.39. The molecule has 0 saturated carbocycles. The molecule has 0 aliphatic carbocycles. The number of fused-ring (bicyclic) bond motifs is 1. The Labute approximate surface area is 210 Å². The smallest absolute Gasteiger partial charge is 0.410 e. The molecule has 10 nitrogen and oxygen atoms in total. The van der Waals surface area contributed by atoms with E-state index in [-0.39, 0.29) is 18.4 Å². The van der Waals surface area contributed by atoms with Gasteiger partial charge >= 0.3 is 6.09 Å². The van der Waals surface area contributed by atoms with Crippen molar-refractivity contribution in [2.45, 2.75) is 25.5 Å². The number of piperazine rings is 1. The third kappa shape index (κ3) is 5.65. The maximum atomic E-state index is 13.6. The molecule has 1 aliphatic heterocycles. The summed E-state index contributed by atoms with van der Waals surface area (Å²) in [5, 5.41) is 2.60. The molecule has 190 valence electrons. The molecule has 1 unspecified atom stereocenters. The van der Waals surface area contributed by atoms with Crippen molar-refractivity contribution in [2.24, 2.45) is 0 Å². The summed E-state index contributed by atoms with van der Waals surface area (Å²) in [4.78, 5) is 48.4. The first-order chi connectivity index (χ1) is 17.4. The molecule has 1 fully saturated rings. The van der Waals surface area contributed by atoms with Crippen molar-refractivity contribution < 1.29 is 19.1 Å². The minimum atomic E-state index is -0.645. The molecule has 1 aromatic carbocycles. The van der Waals surface area contributed by atoms with Gasteiger partial charge < -0.3 is 19.4 Å². The number of nitrogens with one attached hydrogen (secondary N) is 1. The highest BCUT2D eigenvalue weighted by Gasteiger charge is 2.39. The van der Waals surface area contributed by atoms with E-state index in [1.807, 2.05) is 44.4 Å². The third-order valence-corrected chi connectivity index (χ3v) is 6.22. The van der Waals surface area contributed by atoms with Crippen molar-refractivity contribution in [3.05, 3.63) is 66.0 Å². The monoisotopic (exact) mass is 492 g/mol. The van der Waals surface area contributed by atoms with Crippen LogP contribution in [0, 0.1) is 0 Å². The highest BCUT2D eigenvalue weighted by atomic mass is 16.6. The van der Waals surface area contributed by atoms with Crippen molar-refractivity contribution in [3.8, 4) is 0 Å². The summed E-state index contributed by atoms with van der Waals surface area (Å²) in [6, 6.07) is 12.3. The summed E-state index contributed by atoms with van der Waals surface area (Å²) in [6.07, 6.45) is 4.19. The fourth-order valence-corrected chi connectivity index (χ4v) is 4.30. The zero-order chi connectivity index (χ0) is 25.7. The number of ether oxygens (including phenoxy) is 1. The topological polar surface area (TPSA) is 99.5 Å². The van der Waals surface area contributed by atoms with Gasteiger partial charge in [0.05, 0.1) is 11.8 Å². The first-order valence-electron chi connectivity index (χ1n) is 12.0. The number of imidazole rings is 1. The van der Waals surface area contributed by atoms with E-state index in [0.717, 1.165) is 18.5 Å². The summed E-state index contributed by atoms with van der Waals surface area (Å²) in [5.41, 5.74) is 2.01. The van der Waals surface area contributed by atoms with E-state index in [1.54, 1.807) is 40.9 Å². The average Bonchev–Trinajstić information content (AvgIpc) is 3.31. The minimum Gasteiger partial charge on any atom is -0.445 e. The average molecular weight is 493 g/mol. The van der Waals surface area contributed by atoms with E-state index in [0.29, 0.717) is 36.5 Å². The fraction of sp³-hybridized carbons (Fsp3) is 0.385. The second kappa shape index (κ2) is 11.2. The molecule has 0 spiro atoms. The summed E-state index contributed by atoms with van der Waals surface area (Å²) in [7, 11) is 5.53. The Morgan fingerprint density at radius 1 is 1.11 bits per heavy atom. The molecule has 1 atom stereocenters. The molecule has 1 aliphatic rings. The Bertz CT molecular complexity index is 1230. The lowest BCUT2D eigenvalue weighted by Crippen LogP contribution is -2.59. The van der Waals surface area contributed by atoms with Gasteiger partial charge in [-0.3, -0.25) is 19.4 Å². The summed E-state index contributed by atoms with van der Waals surface area (Å²) in [5.74, 6) is 0.0994. The van der Waals surface area contributed by atoms with E-state index in [4.69, 9.17) is 4.74 Å². The van der Waals surface area contributed by atoms with Crippen LogP contribution in [0.1, 0.15) is 28.8 Å². The van der Waals surface area contributed by atoms with E-state index < -0.39 is 12.1 Å². The molecule has 0 bridgehead atoms. The first kappa shape index (κ1) is 25.2. The number of hydrogen-bond donors (Lipinski definition) is 1. The van der Waals surface area contributed by atoms with Gasteiger partial charge in [-0.15, -0.1) is 0 Å². The van der Waals surface area contributed by atoms with Crippen LogP contribution >= 0.6 is 0 Å².